The molecule has 1 aromatic heterocycles. The van der Waals surface area contributed by atoms with Crippen molar-refractivity contribution < 1.29 is 13.2 Å². The Morgan fingerprint density at radius 1 is 1.14 bits per heavy atom. The normalized spacial score (nSPS) is 16.0. The fraction of sp³-hybridized carbons (Fsp3) is 0.333. The zero-order valence-corrected chi connectivity index (χ0v) is 17.8. The maximum absolute atomic E-state index is 12.6. The van der Waals surface area contributed by atoms with Gasteiger partial charge in [0.15, 0.2) is 0 Å². The average Bonchev–Trinajstić information content (AvgIpc) is 3.11. The predicted molar refractivity (Wildman–Crippen MR) is 114 cm³/mol. The van der Waals surface area contributed by atoms with E-state index < -0.39 is 10.0 Å². The lowest BCUT2D eigenvalue weighted by atomic mass is 10.1. The molecule has 10 heteroatoms. The molecule has 1 aliphatic rings. The molecule has 0 radical (unpaired) electrons. The van der Waals surface area contributed by atoms with Crippen LogP contribution in [0.2, 0.25) is 0 Å². The number of anilines is 1. The van der Waals surface area contributed by atoms with Crippen LogP contribution in [0.15, 0.2) is 53.7 Å². The number of rotatable bonds is 6. The van der Waals surface area contributed by atoms with Gasteiger partial charge in [-0.05, 0) is 62.3 Å². The molecule has 154 valence electrons. The Labute approximate surface area is 177 Å². The minimum Gasteiger partial charge on any atom is -0.338 e. The van der Waals surface area contributed by atoms with Gasteiger partial charge in [-0.2, -0.15) is 0 Å². The van der Waals surface area contributed by atoms with Crippen molar-refractivity contribution in [3.63, 3.8) is 0 Å². The van der Waals surface area contributed by atoms with Gasteiger partial charge in [-0.25, -0.2) is 8.42 Å². The summed E-state index contributed by atoms with van der Waals surface area (Å²) in [7, 11) is -1.80. The van der Waals surface area contributed by atoms with E-state index in [4.69, 9.17) is 0 Å². The Morgan fingerprint density at radius 2 is 1.79 bits per heavy atom. The number of likely N-dealkylation sites (tertiary alicyclic amines) is 1. The summed E-state index contributed by atoms with van der Waals surface area (Å²) in [6.45, 7) is 2.35. The van der Waals surface area contributed by atoms with Crippen molar-refractivity contribution in [3.8, 4) is 0 Å². The fourth-order valence-corrected chi connectivity index (χ4v) is 4.12. The molecule has 1 atom stereocenters. The van der Waals surface area contributed by atoms with Crippen molar-refractivity contribution in [2.45, 2.75) is 11.3 Å². The van der Waals surface area contributed by atoms with Crippen LogP contribution in [0.3, 0.4) is 0 Å². The Hall–Kier alpha value is -1.87. The maximum atomic E-state index is 12.6. The van der Waals surface area contributed by atoms with Gasteiger partial charge >= 0.3 is 0 Å². The van der Waals surface area contributed by atoms with Gasteiger partial charge in [0.25, 0.3) is 15.9 Å². The lowest BCUT2D eigenvalue weighted by Crippen LogP contribution is -2.30. The van der Waals surface area contributed by atoms with Gasteiger partial charge in [0.05, 0.1) is 10.6 Å². The number of hydrogen-bond donors (Lipinski definition) is 2. The molecule has 1 saturated heterocycles. The molecule has 1 aliphatic heterocycles. The topological polar surface area (TPSA) is 91.4 Å². The number of sulfonamides is 1. The number of nitrogens with zero attached hydrogens (tertiary/aromatic N) is 2. The number of halogens is 2. The largest absolute Gasteiger partial charge is 0.338 e. The van der Waals surface area contributed by atoms with Gasteiger partial charge in [0.2, 0.25) is 0 Å². The van der Waals surface area contributed by atoms with Crippen LogP contribution in [0.1, 0.15) is 16.8 Å². The van der Waals surface area contributed by atoms with Crippen molar-refractivity contribution in [2.75, 3.05) is 31.4 Å². The molecule has 0 saturated carbocycles. The van der Waals surface area contributed by atoms with E-state index in [1.54, 1.807) is 24.3 Å². The quantitative estimate of drug-likeness (QED) is 0.710. The molecule has 2 N–H and O–H groups in total. The first-order chi connectivity index (χ1) is 12.5. The lowest BCUT2D eigenvalue weighted by molar-refractivity contribution is 0.0787. The Balaban J connectivity index is 0.00000196. The third kappa shape index (κ3) is 5.81. The highest BCUT2D eigenvalue weighted by molar-refractivity contribution is 7.92. The molecule has 2 aromatic rings. The summed E-state index contributed by atoms with van der Waals surface area (Å²) < 4.78 is 27.3. The van der Waals surface area contributed by atoms with E-state index in [-0.39, 0.29) is 35.6 Å². The number of carbonyl (C=O) groups excluding carboxylic acids is 1. The zero-order valence-electron chi connectivity index (χ0n) is 15.4. The smallest absolute Gasteiger partial charge is 0.261 e. The summed E-state index contributed by atoms with van der Waals surface area (Å²) in [5, 5.41) is 3.14. The van der Waals surface area contributed by atoms with Crippen LogP contribution in [0.5, 0.6) is 0 Å². The third-order valence-corrected chi connectivity index (χ3v) is 5.81. The molecule has 0 aliphatic carbocycles. The first kappa shape index (κ1) is 24.2. The zero-order chi connectivity index (χ0) is 18.6. The van der Waals surface area contributed by atoms with Crippen LogP contribution in [0.4, 0.5) is 5.69 Å². The predicted octanol–water partition coefficient (Wildman–Crippen LogP) is 2.41. The molecule has 1 aromatic carbocycles. The Morgan fingerprint density at radius 3 is 2.39 bits per heavy atom. The summed E-state index contributed by atoms with van der Waals surface area (Å²) in [5.41, 5.74) is 0.936. The summed E-state index contributed by atoms with van der Waals surface area (Å²) >= 11 is 0. The highest BCUT2D eigenvalue weighted by Gasteiger charge is 2.26. The molecule has 28 heavy (non-hydrogen) atoms. The Bertz CT molecular complexity index is 864. The van der Waals surface area contributed by atoms with Gasteiger partial charge in [-0.1, -0.05) is 0 Å². The van der Waals surface area contributed by atoms with Crippen LogP contribution in [0, 0.1) is 5.92 Å². The second-order valence-electron chi connectivity index (χ2n) is 6.33. The van der Waals surface area contributed by atoms with Crippen molar-refractivity contribution in [1.29, 1.82) is 0 Å². The van der Waals surface area contributed by atoms with Crippen molar-refractivity contribution in [3.05, 3.63) is 54.4 Å². The minimum atomic E-state index is -3.70. The Kier molecular flexibility index (Phi) is 9.16. The molecular formula is C18H24Cl2N4O3S. The average molecular weight is 447 g/mol. The first-order valence-corrected chi connectivity index (χ1v) is 9.95. The van der Waals surface area contributed by atoms with E-state index in [0.717, 1.165) is 26.1 Å². The van der Waals surface area contributed by atoms with Crippen LogP contribution in [-0.2, 0) is 10.0 Å². The molecule has 2 heterocycles. The second-order valence-corrected chi connectivity index (χ2v) is 8.01. The maximum Gasteiger partial charge on any atom is 0.261 e. The van der Waals surface area contributed by atoms with E-state index in [2.05, 4.69) is 15.0 Å². The summed E-state index contributed by atoms with van der Waals surface area (Å²) in [4.78, 5) is 18.4. The van der Waals surface area contributed by atoms with E-state index >= 15 is 0 Å². The highest BCUT2D eigenvalue weighted by Crippen LogP contribution is 2.20. The van der Waals surface area contributed by atoms with Crippen LogP contribution < -0.4 is 10.0 Å². The molecule has 0 bridgehead atoms. The van der Waals surface area contributed by atoms with Crippen LogP contribution >= 0.6 is 24.8 Å². The van der Waals surface area contributed by atoms with Gasteiger partial charge in [-0.3, -0.25) is 14.5 Å². The van der Waals surface area contributed by atoms with E-state index in [0.29, 0.717) is 17.2 Å². The highest BCUT2D eigenvalue weighted by atomic mass is 35.5. The van der Waals surface area contributed by atoms with Gasteiger partial charge in [0, 0.05) is 31.0 Å². The summed E-state index contributed by atoms with van der Waals surface area (Å²) in [6.07, 6.45) is 4.00. The van der Waals surface area contributed by atoms with E-state index in [1.807, 2.05) is 11.9 Å². The van der Waals surface area contributed by atoms with Crippen molar-refractivity contribution in [1.82, 2.24) is 15.2 Å². The molecule has 0 spiro atoms. The summed E-state index contributed by atoms with van der Waals surface area (Å²) in [5.74, 6) is 0.405. The number of hydrogen-bond acceptors (Lipinski definition) is 5. The molecule has 3 rings (SSSR count). The monoisotopic (exact) mass is 446 g/mol. The number of pyridine rings is 1. The SMILES string of the molecule is CNCC1CCN(C(=O)c2ccc(S(=O)(=O)Nc3ccncc3)cc2)C1.Cl.Cl. The van der Waals surface area contributed by atoms with Crippen molar-refractivity contribution >= 4 is 46.4 Å². The number of amides is 1. The number of aromatic nitrogens is 1. The van der Waals surface area contributed by atoms with Gasteiger partial charge < -0.3 is 10.2 Å². The van der Waals surface area contributed by atoms with Gasteiger partial charge in [0.1, 0.15) is 0 Å². The first-order valence-electron chi connectivity index (χ1n) is 8.46. The lowest BCUT2D eigenvalue weighted by Gasteiger charge is -2.17. The van der Waals surface area contributed by atoms with Crippen LogP contribution in [-0.4, -0.2) is 50.9 Å². The standard InChI is InChI=1S/C18H22N4O3S.2ClH/c1-19-12-14-8-11-22(13-14)18(23)15-2-4-17(5-3-15)26(24,25)21-16-6-9-20-10-7-16;;/h2-7,9-10,14,19H,8,11-13H2,1H3,(H,20,21);2*1H. The van der Waals surface area contributed by atoms with Gasteiger partial charge in [-0.15, -0.1) is 24.8 Å². The number of carbonyl (C=O) groups is 1. The van der Waals surface area contributed by atoms with E-state index in [1.165, 1.54) is 24.5 Å². The minimum absolute atomic E-state index is 0. The molecule has 1 amide bonds. The number of nitrogens with one attached hydrogen (secondary N) is 2. The van der Waals surface area contributed by atoms with E-state index in [9.17, 15) is 13.2 Å². The summed E-state index contributed by atoms with van der Waals surface area (Å²) in [6, 6.07) is 9.19. The molecule has 1 fully saturated rings. The van der Waals surface area contributed by atoms with Crippen molar-refractivity contribution in [2.24, 2.45) is 5.92 Å². The molecular weight excluding hydrogens is 423 g/mol. The molecule has 7 nitrogen and oxygen atoms in total. The number of benzene rings is 1. The fourth-order valence-electron chi connectivity index (χ4n) is 3.07. The van der Waals surface area contributed by atoms with Crippen LogP contribution in [0.25, 0.3) is 0 Å². The third-order valence-electron chi connectivity index (χ3n) is 4.41. The molecule has 1 unspecified atom stereocenters. The second kappa shape index (κ2) is 10.6.